The van der Waals surface area contributed by atoms with Gasteiger partial charge in [-0.15, -0.1) is 0 Å². The zero-order valence-electron chi connectivity index (χ0n) is 11.9. The summed E-state index contributed by atoms with van der Waals surface area (Å²) in [5.74, 6) is 0. The summed E-state index contributed by atoms with van der Waals surface area (Å²) in [5.41, 5.74) is 1.35. The molecule has 0 saturated carbocycles. The summed E-state index contributed by atoms with van der Waals surface area (Å²) < 4.78 is 28.0. The number of hydrogen-bond acceptors (Lipinski definition) is 3. The van der Waals surface area contributed by atoms with Crippen LogP contribution in [0.1, 0.15) is 19.5 Å². The summed E-state index contributed by atoms with van der Waals surface area (Å²) in [5, 5.41) is 3.23. The van der Waals surface area contributed by atoms with Crippen molar-refractivity contribution in [2.45, 2.75) is 31.3 Å². The van der Waals surface area contributed by atoms with Crippen LogP contribution in [0.4, 0.5) is 5.69 Å². The maximum Gasteiger partial charge on any atom is 0.263 e. The Morgan fingerprint density at radius 3 is 2.71 bits per heavy atom. The maximum atomic E-state index is 12.3. The van der Waals surface area contributed by atoms with Gasteiger partial charge in [-0.1, -0.05) is 35.8 Å². The molecule has 7 heteroatoms. The molecule has 5 nitrogen and oxygen atoms in total. The van der Waals surface area contributed by atoms with E-state index in [1.54, 1.807) is 24.3 Å². The van der Waals surface area contributed by atoms with E-state index in [-0.39, 0.29) is 4.90 Å². The fourth-order valence-electron chi connectivity index (χ4n) is 1.76. The molecule has 21 heavy (non-hydrogen) atoms. The molecule has 1 heterocycles. The van der Waals surface area contributed by atoms with E-state index in [1.807, 2.05) is 19.9 Å². The standard InChI is InChI=1S/C14H18BrN3O2S/c1-10(2)16-8-13-7-14(9-17-13)21(19,20)18-12-5-3-4-11(15)6-12/h3-7,9-10,16-18H,8H2,1-2H3. The van der Waals surface area contributed by atoms with E-state index >= 15 is 0 Å². The lowest BCUT2D eigenvalue weighted by molar-refractivity contribution is 0.582. The van der Waals surface area contributed by atoms with E-state index in [1.165, 1.54) is 6.20 Å². The molecule has 0 spiro atoms. The van der Waals surface area contributed by atoms with Crippen molar-refractivity contribution in [1.82, 2.24) is 10.3 Å². The van der Waals surface area contributed by atoms with Crippen molar-refractivity contribution in [2.24, 2.45) is 0 Å². The Kier molecular flexibility index (Phi) is 5.08. The lowest BCUT2D eigenvalue weighted by Crippen LogP contribution is -2.21. The summed E-state index contributed by atoms with van der Waals surface area (Å²) >= 11 is 3.31. The van der Waals surface area contributed by atoms with Gasteiger partial charge in [0.15, 0.2) is 0 Å². The van der Waals surface area contributed by atoms with Gasteiger partial charge in [-0.25, -0.2) is 8.42 Å². The van der Waals surface area contributed by atoms with Crippen LogP contribution in [0.3, 0.4) is 0 Å². The van der Waals surface area contributed by atoms with Crippen LogP contribution in [-0.4, -0.2) is 19.4 Å². The Bertz CT molecular complexity index is 711. The number of benzene rings is 1. The zero-order valence-corrected chi connectivity index (χ0v) is 14.3. The lowest BCUT2D eigenvalue weighted by Gasteiger charge is -2.07. The van der Waals surface area contributed by atoms with Crippen LogP contribution in [0.5, 0.6) is 0 Å². The fourth-order valence-corrected chi connectivity index (χ4v) is 3.22. The van der Waals surface area contributed by atoms with Crippen molar-refractivity contribution in [1.29, 1.82) is 0 Å². The highest BCUT2D eigenvalue weighted by Crippen LogP contribution is 2.20. The third-order valence-corrected chi connectivity index (χ3v) is 4.66. The number of nitrogens with one attached hydrogen (secondary N) is 3. The molecule has 3 N–H and O–H groups in total. The topological polar surface area (TPSA) is 74.0 Å². The first kappa shape index (κ1) is 16.1. The van der Waals surface area contributed by atoms with Crippen LogP contribution >= 0.6 is 15.9 Å². The molecule has 0 aliphatic heterocycles. The summed E-state index contributed by atoms with van der Waals surface area (Å²) in [6, 6.07) is 9.01. The van der Waals surface area contributed by atoms with E-state index in [0.29, 0.717) is 18.3 Å². The van der Waals surface area contributed by atoms with Crippen LogP contribution in [-0.2, 0) is 16.6 Å². The third kappa shape index (κ3) is 4.59. The summed E-state index contributed by atoms with van der Waals surface area (Å²) in [4.78, 5) is 3.20. The highest BCUT2D eigenvalue weighted by atomic mass is 79.9. The molecular formula is C14H18BrN3O2S. The van der Waals surface area contributed by atoms with E-state index in [9.17, 15) is 8.42 Å². The van der Waals surface area contributed by atoms with Gasteiger partial charge in [-0.05, 0) is 24.3 Å². The Morgan fingerprint density at radius 1 is 1.29 bits per heavy atom. The molecule has 1 aromatic heterocycles. The molecule has 0 amide bonds. The van der Waals surface area contributed by atoms with Crippen molar-refractivity contribution < 1.29 is 8.42 Å². The first-order valence-corrected chi connectivity index (χ1v) is 8.83. The number of H-pyrrole nitrogens is 1. The number of aromatic nitrogens is 1. The normalized spacial score (nSPS) is 11.8. The molecule has 0 bridgehead atoms. The average Bonchev–Trinajstić information content (AvgIpc) is 2.85. The molecule has 0 fully saturated rings. The number of anilines is 1. The molecule has 2 rings (SSSR count). The molecular weight excluding hydrogens is 354 g/mol. The third-order valence-electron chi connectivity index (χ3n) is 2.80. The smallest absolute Gasteiger partial charge is 0.263 e. The second-order valence-electron chi connectivity index (χ2n) is 5.01. The Labute approximate surface area is 133 Å². The minimum absolute atomic E-state index is 0.225. The van der Waals surface area contributed by atoms with Crippen LogP contribution < -0.4 is 10.0 Å². The first-order valence-electron chi connectivity index (χ1n) is 6.56. The average molecular weight is 372 g/mol. The van der Waals surface area contributed by atoms with E-state index < -0.39 is 10.0 Å². The van der Waals surface area contributed by atoms with Gasteiger partial charge in [-0.2, -0.15) is 0 Å². The Hall–Kier alpha value is -1.31. The number of halogens is 1. The van der Waals surface area contributed by atoms with Gasteiger partial charge in [0.05, 0.1) is 0 Å². The van der Waals surface area contributed by atoms with E-state index in [0.717, 1.165) is 10.2 Å². The first-order chi connectivity index (χ1) is 9.87. The van der Waals surface area contributed by atoms with Crippen molar-refractivity contribution in [3.63, 3.8) is 0 Å². The van der Waals surface area contributed by atoms with Crippen LogP contribution in [0.15, 0.2) is 45.9 Å². The summed E-state index contributed by atoms with van der Waals surface area (Å²) in [7, 11) is -3.58. The molecule has 1 aromatic carbocycles. The second kappa shape index (κ2) is 6.64. The molecule has 0 aliphatic rings. The highest BCUT2D eigenvalue weighted by molar-refractivity contribution is 9.10. The largest absolute Gasteiger partial charge is 0.363 e. The number of hydrogen-bond donors (Lipinski definition) is 3. The van der Waals surface area contributed by atoms with E-state index in [4.69, 9.17) is 0 Å². The molecule has 0 aliphatic carbocycles. The number of rotatable bonds is 6. The monoisotopic (exact) mass is 371 g/mol. The van der Waals surface area contributed by atoms with Crippen LogP contribution in [0, 0.1) is 0 Å². The van der Waals surface area contributed by atoms with Crippen molar-refractivity contribution in [3.8, 4) is 0 Å². The fraction of sp³-hybridized carbons (Fsp3) is 0.286. The van der Waals surface area contributed by atoms with Crippen LogP contribution in [0.2, 0.25) is 0 Å². The van der Waals surface area contributed by atoms with E-state index in [2.05, 4.69) is 31.0 Å². The number of sulfonamides is 1. The van der Waals surface area contributed by atoms with Crippen molar-refractivity contribution in [3.05, 3.63) is 46.7 Å². The molecule has 114 valence electrons. The second-order valence-corrected chi connectivity index (χ2v) is 7.61. The van der Waals surface area contributed by atoms with Gasteiger partial charge < -0.3 is 10.3 Å². The minimum atomic E-state index is -3.58. The van der Waals surface area contributed by atoms with Crippen LogP contribution in [0.25, 0.3) is 0 Å². The Balaban J connectivity index is 2.12. The summed E-state index contributed by atoms with van der Waals surface area (Å²) in [6.45, 7) is 4.68. The Morgan fingerprint density at radius 2 is 2.05 bits per heavy atom. The predicted molar refractivity (Wildman–Crippen MR) is 87.7 cm³/mol. The molecule has 0 unspecified atom stereocenters. The van der Waals surface area contributed by atoms with Gasteiger partial charge in [0.1, 0.15) is 4.90 Å². The van der Waals surface area contributed by atoms with Crippen molar-refractivity contribution in [2.75, 3.05) is 4.72 Å². The molecule has 0 saturated heterocycles. The number of aromatic amines is 1. The summed E-state index contributed by atoms with van der Waals surface area (Å²) in [6.07, 6.45) is 1.50. The van der Waals surface area contributed by atoms with Gasteiger partial charge in [0.25, 0.3) is 10.0 Å². The zero-order chi connectivity index (χ0) is 15.5. The highest BCUT2D eigenvalue weighted by Gasteiger charge is 2.16. The predicted octanol–water partition coefficient (Wildman–Crippen LogP) is 3.08. The van der Waals surface area contributed by atoms with Gasteiger partial charge >= 0.3 is 0 Å². The van der Waals surface area contributed by atoms with Gasteiger partial charge in [0.2, 0.25) is 0 Å². The van der Waals surface area contributed by atoms with Gasteiger partial charge in [0, 0.05) is 34.6 Å². The molecule has 0 radical (unpaired) electrons. The molecule has 0 atom stereocenters. The SMILES string of the molecule is CC(C)NCc1cc(S(=O)(=O)Nc2cccc(Br)c2)c[nH]1. The quantitative estimate of drug-likeness (QED) is 0.730. The molecule has 2 aromatic rings. The van der Waals surface area contributed by atoms with Gasteiger partial charge in [-0.3, -0.25) is 4.72 Å². The van der Waals surface area contributed by atoms with Crippen molar-refractivity contribution >= 4 is 31.6 Å². The maximum absolute atomic E-state index is 12.3. The lowest BCUT2D eigenvalue weighted by atomic mass is 10.3. The minimum Gasteiger partial charge on any atom is -0.363 e.